The molecule has 1 saturated carbocycles. The van der Waals surface area contributed by atoms with Crippen LogP contribution in [0.15, 0.2) is 22.6 Å². The Morgan fingerprint density at radius 2 is 1.94 bits per heavy atom. The molecule has 0 amide bonds. The monoisotopic (exact) mass is 519 g/mol. The molecule has 1 fully saturated rings. The summed E-state index contributed by atoms with van der Waals surface area (Å²) in [6.07, 6.45) is 3.47. The van der Waals surface area contributed by atoms with Gasteiger partial charge in [0, 0.05) is 17.7 Å². The van der Waals surface area contributed by atoms with Crippen LogP contribution in [0.25, 0.3) is 6.08 Å². The number of aliphatic hydroxyl groups is 3. The van der Waals surface area contributed by atoms with Gasteiger partial charge in [-0.3, -0.25) is 9.59 Å². The molecule has 200 valence electrons. The molecule has 2 unspecified atom stereocenters. The topological polar surface area (TPSA) is 117 Å². The molecular formula is C28H41NO6S. The van der Waals surface area contributed by atoms with E-state index in [-0.39, 0.29) is 24.7 Å². The molecule has 1 aliphatic heterocycles. The fraction of sp³-hybridized carbons (Fsp3) is 0.679. The van der Waals surface area contributed by atoms with Crippen LogP contribution >= 0.6 is 11.3 Å². The molecule has 0 bridgehead atoms. The number of esters is 1. The lowest BCUT2D eigenvalue weighted by Gasteiger charge is -2.34. The Balaban J connectivity index is 1.88. The molecule has 1 aromatic heterocycles. The molecule has 2 aliphatic rings. The molecule has 7 nitrogen and oxygen atoms in total. The molecule has 7 atom stereocenters. The number of ketones is 1. The summed E-state index contributed by atoms with van der Waals surface area (Å²) in [6.45, 7) is 10.8. The Kier molecular flexibility index (Phi) is 9.30. The second-order valence-electron chi connectivity index (χ2n) is 11.3. The minimum Gasteiger partial charge on any atom is -0.457 e. The van der Waals surface area contributed by atoms with Gasteiger partial charge in [-0.05, 0) is 56.1 Å². The normalized spacial score (nSPS) is 36.0. The second-order valence-corrected chi connectivity index (χ2v) is 12.2. The number of hydrogen-bond donors (Lipinski definition) is 3. The molecule has 0 spiro atoms. The number of rotatable bonds is 3. The number of aromatic nitrogens is 1. The van der Waals surface area contributed by atoms with Crippen molar-refractivity contribution >= 4 is 29.2 Å². The van der Waals surface area contributed by atoms with Crippen LogP contribution in [0.1, 0.15) is 77.9 Å². The van der Waals surface area contributed by atoms with Crippen LogP contribution in [-0.4, -0.2) is 50.4 Å². The molecule has 3 rings (SSSR count). The van der Waals surface area contributed by atoms with Gasteiger partial charge in [0.2, 0.25) is 0 Å². The summed E-state index contributed by atoms with van der Waals surface area (Å²) >= 11 is 1.36. The van der Waals surface area contributed by atoms with Gasteiger partial charge in [-0.2, -0.15) is 0 Å². The predicted molar refractivity (Wildman–Crippen MR) is 140 cm³/mol. The Hall–Kier alpha value is -1.87. The highest BCUT2D eigenvalue weighted by atomic mass is 32.1. The van der Waals surface area contributed by atoms with Gasteiger partial charge in [-0.25, -0.2) is 4.98 Å². The number of ether oxygens (including phenoxy) is 1. The second kappa shape index (κ2) is 11.7. The maximum absolute atomic E-state index is 13.3. The molecular weight excluding hydrogens is 478 g/mol. The minimum atomic E-state index is -1.24. The molecule has 2 heterocycles. The number of nitrogens with zero attached hydrogens (tertiary/aromatic N) is 1. The molecule has 1 aliphatic carbocycles. The average Bonchev–Trinajstić information content (AvgIpc) is 3.44. The first-order chi connectivity index (χ1) is 16.8. The van der Waals surface area contributed by atoms with Crippen molar-refractivity contribution in [3.63, 3.8) is 0 Å². The maximum atomic E-state index is 13.3. The lowest BCUT2D eigenvalue weighted by Crippen LogP contribution is -2.46. The Morgan fingerprint density at radius 1 is 1.25 bits per heavy atom. The largest absolute Gasteiger partial charge is 0.457 e. The van der Waals surface area contributed by atoms with Gasteiger partial charge >= 0.3 is 5.97 Å². The fourth-order valence-electron chi connectivity index (χ4n) is 5.31. The average molecular weight is 520 g/mol. The molecule has 36 heavy (non-hydrogen) atoms. The van der Waals surface area contributed by atoms with Crippen molar-refractivity contribution in [3.8, 4) is 0 Å². The van der Waals surface area contributed by atoms with Crippen molar-refractivity contribution < 1.29 is 29.6 Å². The van der Waals surface area contributed by atoms with Crippen molar-refractivity contribution in [1.82, 2.24) is 4.98 Å². The zero-order chi connectivity index (χ0) is 26.8. The summed E-state index contributed by atoms with van der Waals surface area (Å²) in [7, 11) is 0. The number of aliphatic hydroxyl groups excluding tert-OH is 3. The quantitative estimate of drug-likeness (QED) is 0.402. The number of carbonyl (C=O) groups excluding carboxylic acids is 2. The third-order valence-electron chi connectivity index (χ3n) is 8.07. The van der Waals surface area contributed by atoms with E-state index >= 15 is 0 Å². The van der Waals surface area contributed by atoms with E-state index in [0.717, 1.165) is 18.4 Å². The number of carbonyl (C=O) groups is 2. The number of fused-ring (bicyclic) bond motifs is 1. The fourth-order valence-corrected chi connectivity index (χ4v) is 5.92. The first-order valence-corrected chi connectivity index (χ1v) is 13.7. The van der Waals surface area contributed by atoms with Gasteiger partial charge in [-0.15, -0.1) is 11.3 Å². The molecule has 3 N–H and O–H groups in total. The van der Waals surface area contributed by atoms with Crippen molar-refractivity contribution in [2.45, 2.75) is 92.1 Å². The van der Waals surface area contributed by atoms with E-state index in [4.69, 9.17) is 4.74 Å². The number of cyclic esters (lactones) is 1. The van der Waals surface area contributed by atoms with E-state index in [1.54, 1.807) is 20.8 Å². The van der Waals surface area contributed by atoms with Gasteiger partial charge in [0.25, 0.3) is 0 Å². The lowest BCUT2D eigenvalue weighted by atomic mass is 9.72. The van der Waals surface area contributed by atoms with Crippen LogP contribution in [0.5, 0.6) is 0 Å². The maximum Gasteiger partial charge on any atom is 0.309 e. The van der Waals surface area contributed by atoms with Crippen LogP contribution in [0.2, 0.25) is 0 Å². The summed E-state index contributed by atoms with van der Waals surface area (Å²) < 4.78 is 5.82. The van der Waals surface area contributed by atoms with Gasteiger partial charge in [0.1, 0.15) is 16.9 Å². The Bertz CT molecular complexity index is 1010. The molecule has 8 heteroatoms. The van der Waals surface area contributed by atoms with Gasteiger partial charge < -0.3 is 20.1 Å². The van der Waals surface area contributed by atoms with Crippen molar-refractivity contribution in [1.29, 1.82) is 0 Å². The summed E-state index contributed by atoms with van der Waals surface area (Å²) in [4.78, 5) is 30.5. The summed E-state index contributed by atoms with van der Waals surface area (Å²) in [5, 5.41) is 33.6. The third-order valence-corrected chi connectivity index (χ3v) is 8.92. The number of hydrogen-bond acceptors (Lipinski definition) is 8. The third kappa shape index (κ3) is 6.71. The van der Waals surface area contributed by atoms with E-state index < -0.39 is 35.6 Å². The molecule has 0 saturated heterocycles. The zero-order valence-corrected chi connectivity index (χ0v) is 23.0. The van der Waals surface area contributed by atoms with Crippen LogP contribution in [-0.2, 0) is 20.9 Å². The van der Waals surface area contributed by atoms with Crippen LogP contribution in [0.3, 0.4) is 0 Å². The summed E-state index contributed by atoms with van der Waals surface area (Å²) in [6, 6.07) is 0. The van der Waals surface area contributed by atoms with Gasteiger partial charge in [0.15, 0.2) is 0 Å². The molecule has 0 aromatic carbocycles. The van der Waals surface area contributed by atoms with Crippen molar-refractivity contribution in [2.24, 2.45) is 29.1 Å². The summed E-state index contributed by atoms with van der Waals surface area (Å²) in [5.41, 5.74) is 1.49. The highest BCUT2D eigenvalue weighted by Crippen LogP contribution is 2.50. The van der Waals surface area contributed by atoms with Crippen molar-refractivity contribution in [2.75, 3.05) is 0 Å². The van der Waals surface area contributed by atoms with Crippen LogP contribution in [0.4, 0.5) is 0 Å². The molecule has 1 aromatic rings. The van der Waals surface area contributed by atoms with E-state index in [0.29, 0.717) is 29.0 Å². The minimum absolute atomic E-state index is 0.0209. The van der Waals surface area contributed by atoms with Gasteiger partial charge in [0.05, 0.1) is 36.3 Å². The summed E-state index contributed by atoms with van der Waals surface area (Å²) in [5.74, 6) is -0.682. The highest BCUT2D eigenvalue weighted by Gasteiger charge is 2.47. The standard InChI is InChI=1S/C28H41NO6S/c1-15-7-8-22(16(2)10-20-14-36-24(13-30)29-20)35-25(32)12-23(31)28(5,6)27(34)18(4)26(33)17(3)21-11-19(21)9-15/h7,10,14,17-19,21-23,26,30-31,33H,8-9,11-13H2,1-6H3/b15-7-,16-10?/t17-,18+,19?,21?,22+,23-,26-/m0/s1. The number of thiazole rings is 1. The van der Waals surface area contributed by atoms with E-state index in [1.807, 2.05) is 25.3 Å². The first-order valence-electron chi connectivity index (χ1n) is 12.8. The Morgan fingerprint density at radius 3 is 2.58 bits per heavy atom. The number of allylic oxidation sites excluding steroid dienone is 1. The van der Waals surface area contributed by atoms with Crippen LogP contribution in [0, 0.1) is 29.1 Å². The highest BCUT2D eigenvalue weighted by molar-refractivity contribution is 7.09. The molecule has 0 radical (unpaired) electrons. The predicted octanol–water partition coefficient (Wildman–Crippen LogP) is 4.31. The van der Waals surface area contributed by atoms with Crippen molar-refractivity contribution in [3.05, 3.63) is 33.3 Å². The van der Waals surface area contributed by atoms with Gasteiger partial charge in [-0.1, -0.05) is 39.3 Å². The Labute approximate surface area is 218 Å². The van der Waals surface area contributed by atoms with E-state index in [9.17, 15) is 24.9 Å². The zero-order valence-electron chi connectivity index (χ0n) is 22.2. The smallest absolute Gasteiger partial charge is 0.309 e. The number of Topliss-reactive ketones (excluding diaryl/α,β-unsaturated/α-hetero) is 1. The first kappa shape index (κ1) is 28.7. The van der Waals surface area contributed by atoms with E-state index in [1.165, 1.54) is 16.9 Å². The SMILES string of the molecule is CC(=Cc1csc(CO)n1)[C@H]1C/C=C(/C)CC2CC2[C@H](C)[C@H](O)[C@@H](C)C(=O)C(C)(C)[C@@H](O)CC(=O)O1. The van der Waals surface area contributed by atoms with E-state index in [2.05, 4.69) is 18.0 Å². The van der Waals surface area contributed by atoms with Crippen LogP contribution < -0.4 is 0 Å². The lowest BCUT2D eigenvalue weighted by molar-refractivity contribution is -0.154.